The number of hydrogen-bond donors (Lipinski definition) is 1. The van der Waals surface area contributed by atoms with Gasteiger partial charge in [0.25, 0.3) is 5.91 Å². The summed E-state index contributed by atoms with van der Waals surface area (Å²) in [7, 11) is 1.94. The number of carbonyl (C=O) groups is 1. The SMILES string of the molecule is CN(CCc1ccncc1)c1ncc(C(=O)NCC2CCCO2)cn1. The predicted octanol–water partition coefficient (Wildman–Crippen LogP) is 1.46. The van der Waals surface area contributed by atoms with E-state index in [1.165, 1.54) is 5.56 Å². The fraction of sp³-hybridized carbons (Fsp3) is 0.444. The lowest BCUT2D eigenvalue weighted by molar-refractivity contribution is 0.0857. The van der Waals surface area contributed by atoms with E-state index in [-0.39, 0.29) is 12.0 Å². The second-order valence-electron chi connectivity index (χ2n) is 6.14. The molecule has 2 aromatic heterocycles. The number of anilines is 1. The molecule has 1 fully saturated rings. The Balaban J connectivity index is 1.49. The summed E-state index contributed by atoms with van der Waals surface area (Å²) < 4.78 is 5.50. The zero-order chi connectivity index (χ0) is 17.5. The first-order chi connectivity index (χ1) is 12.2. The smallest absolute Gasteiger partial charge is 0.254 e. The molecule has 2 aromatic rings. The quantitative estimate of drug-likeness (QED) is 0.821. The molecule has 7 nitrogen and oxygen atoms in total. The highest BCUT2D eigenvalue weighted by atomic mass is 16.5. The molecule has 1 aliphatic rings. The van der Waals surface area contributed by atoms with Gasteiger partial charge in [-0.3, -0.25) is 9.78 Å². The summed E-state index contributed by atoms with van der Waals surface area (Å²) in [6.45, 7) is 2.10. The van der Waals surface area contributed by atoms with Gasteiger partial charge < -0.3 is 15.0 Å². The van der Waals surface area contributed by atoms with Crippen LogP contribution in [0.5, 0.6) is 0 Å². The zero-order valence-corrected chi connectivity index (χ0v) is 14.4. The molecule has 0 aromatic carbocycles. The third kappa shape index (κ3) is 4.96. The van der Waals surface area contributed by atoms with Gasteiger partial charge in [-0.1, -0.05) is 0 Å². The Morgan fingerprint density at radius 2 is 2.08 bits per heavy atom. The molecule has 0 spiro atoms. The molecule has 3 rings (SSSR count). The molecule has 7 heteroatoms. The largest absolute Gasteiger partial charge is 0.376 e. The van der Waals surface area contributed by atoms with Gasteiger partial charge in [0.1, 0.15) is 0 Å². The molecule has 1 amide bonds. The van der Waals surface area contributed by atoms with Gasteiger partial charge in [-0.05, 0) is 37.0 Å². The standard InChI is InChI=1S/C18H23N5O2/c1-23(9-6-14-4-7-19-8-5-14)18-21-11-15(12-22-18)17(24)20-13-16-3-2-10-25-16/h4-5,7-8,11-12,16H,2-3,6,9-10,13H2,1H3,(H,20,24). The normalized spacial score (nSPS) is 16.6. The van der Waals surface area contributed by atoms with Crippen molar-refractivity contribution in [1.29, 1.82) is 0 Å². The van der Waals surface area contributed by atoms with Gasteiger partial charge in [0.05, 0.1) is 11.7 Å². The minimum atomic E-state index is -0.165. The van der Waals surface area contributed by atoms with E-state index in [9.17, 15) is 4.79 Å². The van der Waals surface area contributed by atoms with Gasteiger partial charge in [0.15, 0.2) is 0 Å². The van der Waals surface area contributed by atoms with Crippen LogP contribution in [-0.2, 0) is 11.2 Å². The second-order valence-corrected chi connectivity index (χ2v) is 6.14. The Morgan fingerprint density at radius 1 is 1.32 bits per heavy atom. The number of carbonyl (C=O) groups excluding carboxylic acids is 1. The molecular weight excluding hydrogens is 318 g/mol. The van der Waals surface area contributed by atoms with Crippen molar-refractivity contribution in [3.63, 3.8) is 0 Å². The number of ether oxygens (including phenoxy) is 1. The molecular formula is C18H23N5O2. The molecule has 1 atom stereocenters. The molecule has 0 bridgehead atoms. The lowest BCUT2D eigenvalue weighted by atomic mass is 10.2. The van der Waals surface area contributed by atoms with Gasteiger partial charge in [0, 0.05) is 51.5 Å². The lowest BCUT2D eigenvalue weighted by Gasteiger charge is -2.17. The Bertz CT molecular complexity index is 672. The van der Waals surface area contributed by atoms with Crippen molar-refractivity contribution < 1.29 is 9.53 Å². The second kappa shape index (κ2) is 8.53. The molecule has 0 saturated carbocycles. The summed E-state index contributed by atoms with van der Waals surface area (Å²) in [5.74, 6) is 0.436. The Labute approximate surface area is 147 Å². The van der Waals surface area contributed by atoms with E-state index in [0.717, 1.165) is 32.4 Å². The molecule has 25 heavy (non-hydrogen) atoms. The lowest BCUT2D eigenvalue weighted by Crippen LogP contribution is -2.32. The first kappa shape index (κ1) is 17.3. The van der Waals surface area contributed by atoms with Crippen molar-refractivity contribution in [3.05, 3.63) is 48.0 Å². The van der Waals surface area contributed by atoms with Crippen LogP contribution in [0, 0.1) is 0 Å². The van der Waals surface area contributed by atoms with E-state index in [1.54, 1.807) is 24.8 Å². The molecule has 132 valence electrons. The van der Waals surface area contributed by atoms with Crippen molar-refractivity contribution in [1.82, 2.24) is 20.3 Å². The number of amides is 1. The Hall–Kier alpha value is -2.54. The average molecular weight is 341 g/mol. The number of nitrogens with one attached hydrogen (secondary N) is 1. The number of likely N-dealkylation sites (N-methyl/N-ethyl adjacent to an activating group) is 1. The number of aromatic nitrogens is 3. The number of hydrogen-bond acceptors (Lipinski definition) is 6. The van der Waals surface area contributed by atoms with Crippen LogP contribution in [-0.4, -0.2) is 53.7 Å². The van der Waals surface area contributed by atoms with Crippen molar-refractivity contribution in [2.75, 3.05) is 31.6 Å². The molecule has 1 N–H and O–H groups in total. The van der Waals surface area contributed by atoms with Gasteiger partial charge in [0.2, 0.25) is 5.95 Å². The topological polar surface area (TPSA) is 80.2 Å². The Kier molecular flexibility index (Phi) is 5.90. The molecule has 1 aliphatic heterocycles. The summed E-state index contributed by atoms with van der Waals surface area (Å²) in [6, 6.07) is 3.99. The maximum atomic E-state index is 12.1. The third-order valence-electron chi connectivity index (χ3n) is 4.24. The predicted molar refractivity (Wildman–Crippen MR) is 94.6 cm³/mol. The number of pyridine rings is 1. The highest BCUT2D eigenvalue weighted by Gasteiger charge is 2.17. The van der Waals surface area contributed by atoms with E-state index in [4.69, 9.17) is 4.74 Å². The maximum Gasteiger partial charge on any atom is 0.254 e. The van der Waals surface area contributed by atoms with Crippen LogP contribution in [0.3, 0.4) is 0 Å². The van der Waals surface area contributed by atoms with Crippen LogP contribution < -0.4 is 10.2 Å². The summed E-state index contributed by atoms with van der Waals surface area (Å²) in [4.78, 5) is 26.7. The molecule has 0 radical (unpaired) electrons. The highest BCUT2D eigenvalue weighted by molar-refractivity contribution is 5.93. The van der Waals surface area contributed by atoms with Crippen molar-refractivity contribution in [3.8, 4) is 0 Å². The van der Waals surface area contributed by atoms with E-state index in [0.29, 0.717) is 18.1 Å². The highest BCUT2D eigenvalue weighted by Crippen LogP contribution is 2.11. The van der Waals surface area contributed by atoms with Gasteiger partial charge >= 0.3 is 0 Å². The molecule has 1 saturated heterocycles. The minimum Gasteiger partial charge on any atom is -0.376 e. The minimum absolute atomic E-state index is 0.128. The van der Waals surface area contributed by atoms with Crippen LogP contribution in [0.4, 0.5) is 5.95 Å². The summed E-state index contributed by atoms with van der Waals surface area (Å²) >= 11 is 0. The van der Waals surface area contributed by atoms with Crippen LogP contribution in [0.15, 0.2) is 36.9 Å². The van der Waals surface area contributed by atoms with Crippen molar-refractivity contribution >= 4 is 11.9 Å². The summed E-state index contributed by atoms with van der Waals surface area (Å²) in [6.07, 6.45) is 9.77. The van der Waals surface area contributed by atoms with Gasteiger partial charge in [-0.15, -0.1) is 0 Å². The Morgan fingerprint density at radius 3 is 2.76 bits per heavy atom. The van der Waals surface area contributed by atoms with Crippen molar-refractivity contribution in [2.24, 2.45) is 0 Å². The monoisotopic (exact) mass is 341 g/mol. The number of rotatable bonds is 7. The summed E-state index contributed by atoms with van der Waals surface area (Å²) in [5, 5.41) is 2.87. The van der Waals surface area contributed by atoms with Gasteiger partial charge in [-0.2, -0.15) is 0 Å². The van der Waals surface area contributed by atoms with Gasteiger partial charge in [-0.25, -0.2) is 9.97 Å². The fourth-order valence-corrected chi connectivity index (χ4v) is 2.70. The molecule has 1 unspecified atom stereocenters. The van der Waals surface area contributed by atoms with Crippen LogP contribution in [0.1, 0.15) is 28.8 Å². The van der Waals surface area contributed by atoms with Crippen LogP contribution >= 0.6 is 0 Å². The summed E-state index contributed by atoms with van der Waals surface area (Å²) in [5.41, 5.74) is 1.68. The van der Waals surface area contributed by atoms with E-state index >= 15 is 0 Å². The van der Waals surface area contributed by atoms with Crippen molar-refractivity contribution in [2.45, 2.75) is 25.4 Å². The van der Waals surface area contributed by atoms with Crippen LogP contribution in [0.2, 0.25) is 0 Å². The average Bonchev–Trinajstić information content (AvgIpc) is 3.19. The molecule has 0 aliphatic carbocycles. The maximum absolute atomic E-state index is 12.1. The first-order valence-corrected chi connectivity index (χ1v) is 8.54. The van der Waals surface area contributed by atoms with E-state index in [2.05, 4.69) is 20.3 Å². The number of nitrogens with zero attached hydrogens (tertiary/aromatic N) is 4. The fourth-order valence-electron chi connectivity index (χ4n) is 2.70. The van der Waals surface area contributed by atoms with E-state index in [1.807, 2.05) is 24.1 Å². The van der Waals surface area contributed by atoms with E-state index < -0.39 is 0 Å². The third-order valence-corrected chi connectivity index (χ3v) is 4.24. The molecule has 3 heterocycles. The van der Waals surface area contributed by atoms with Crippen LogP contribution in [0.25, 0.3) is 0 Å². The first-order valence-electron chi connectivity index (χ1n) is 8.54. The zero-order valence-electron chi connectivity index (χ0n) is 14.4.